The van der Waals surface area contributed by atoms with Crippen molar-refractivity contribution in [2.24, 2.45) is 0 Å². The topological polar surface area (TPSA) is 0 Å². The maximum Gasteiger partial charge on any atom is 0.0433 e. The minimum absolute atomic E-state index is 0.0696. The summed E-state index contributed by atoms with van der Waals surface area (Å²) in [4.78, 5) is 0. The molecule has 1 aliphatic rings. The van der Waals surface area contributed by atoms with Gasteiger partial charge >= 0.3 is 0 Å². The van der Waals surface area contributed by atoms with Gasteiger partial charge in [0, 0.05) is 25.6 Å². The Balaban J connectivity index is 0.993. The van der Waals surface area contributed by atoms with Crippen LogP contribution in [0.5, 0.6) is 0 Å². The van der Waals surface area contributed by atoms with Crippen molar-refractivity contribution in [3.05, 3.63) is 193 Å². The van der Waals surface area contributed by atoms with Crippen LogP contribution in [0.1, 0.15) is 25.0 Å². The molecule has 0 unspecified atom stereocenters. The van der Waals surface area contributed by atoms with E-state index in [0.717, 1.165) is 0 Å². The van der Waals surface area contributed by atoms with Crippen molar-refractivity contribution in [3.8, 4) is 44.5 Å². The highest BCUT2D eigenvalue weighted by atomic mass is 32.1. The first-order valence-corrected chi connectivity index (χ1v) is 20.4. The molecule has 10 aromatic carbocycles. The van der Waals surface area contributed by atoms with Crippen molar-refractivity contribution in [2.75, 3.05) is 0 Å². The van der Waals surface area contributed by atoms with E-state index in [1.165, 1.54) is 119 Å². The third-order valence-electron chi connectivity index (χ3n) is 12.7. The zero-order chi connectivity index (χ0) is 37.1. The summed E-state index contributed by atoms with van der Waals surface area (Å²) in [6.45, 7) is 4.78. The van der Waals surface area contributed by atoms with Gasteiger partial charge in [0.15, 0.2) is 0 Å². The zero-order valence-corrected chi connectivity index (χ0v) is 32.0. The Morgan fingerprint density at radius 2 is 0.893 bits per heavy atom. The Bertz CT molecular complexity index is 3370. The molecule has 0 bridgehead atoms. The zero-order valence-electron chi connectivity index (χ0n) is 31.2. The van der Waals surface area contributed by atoms with Crippen molar-refractivity contribution < 1.29 is 0 Å². The summed E-state index contributed by atoms with van der Waals surface area (Å²) in [5, 5.41) is 13.0. The lowest BCUT2D eigenvalue weighted by molar-refractivity contribution is 0.661. The number of rotatable bonds is 3. The Morgan fingerprint density at radius 1 is 0.339 bits per heavy atom. The summed E-state index contributed by atoms with van der Waals surface area (Å²) < 4.78 is 2.76. The fourth-order valence-electron chi connectivity index (χ4n) is 9.93. The Morgan fingerprint density at radius 3 is 1.61 bits per heavy atom. The van der Waals surface area contributed by atoms with Gasteiger partial charge in [-0.3, -0.25) is 0 Å². The fraction of sp³-hybridized carbons (Fsp3) is 0.0545. The fourth-order valence-corrected chi connectivity index (χ4v) is 11.2. The van der Waals surface area contributed by atoms with Crippen molar-refractivity contribution in [1.82, 2.24) is 0 Å². The third-order valence-corrected chi connectivity index (χ3v) is 13.9. The van der Waals surface area contributed by atoms with Crippen LogP contribution >= 0.6 is 11.3 Å². The summed E-state index contributed by atoms with van der Waals surface area (Å²) in [7, 11) is 0. The second kappa shape index (κ2) is 11.7. The number of thiophene rings is 1. The number of benzene rings is 10. The van der Waals surface area contributed by atoms with Gasteiger partial charge in [-0.1, -0.05) is 178 Å². The maximum absolute atomic E-state index is 2.48. The summed E-state index contributed by atoms with van der Waals surface area (Å²) in [6, 6.07) is 68.2. The molecule has 0 atom stereocenters. The van der Waals surface area contributed by atoms with Gasteiger partial charge in [-0.15, -0.1) is 11.3 Å². The van der Waals surface area contributed by atoms with Crippen molar-refractivity contribution in [1.29, 1.82) is 0 Å². The molecule has 1 heterocycles. The molecule has 1 heteroatoms. The van der Waals surface area contributed by atoms with Crippen molar-refractivity contribution in [3.63, 3.8) is 0 Å². The van der Waals surface area contributed by atoms with Crippen molar-refractivity contribution in [2.45, 2.75) is 19.3 Å². The number of fused-ring (bicyclic) bond motifs is 11. The standard InChI is InChI=1S/C55H36S/c1-55(2)49-29-27-37(30-46(49)47-31-48-45-28-26-35-13-4-6-16-39(35)54(45)56-51(48)32-50(47)55)33-22-24-36(25-23-33)52-41-17-7-9-19-43(41)53(44-20-10-8-18-42(44)52)40-21-11-14-34-12-3-5-15-38(34)40/h3-32H,1-2H3. The predicted octanol–water partition coefficient (Wildman–Crippen LogP) is 16.0. The molecule has 0 radical (unpaired) electrons. The Hall–Kier alpha value is -6.54. The molecule has 0 amide bonds. The molecule has 0 saturated heterocycles. The molecule has 0 aliphatic heterocycles. The highest BCUT2D eigenvalue weighted by Gasteiger charge is 2.36. The lowest BCUT2D eigenvalue weighted by atomic mass is 9.82. The maximum atomic E-state index is 2.48. The van der Waals surface area contributed by atoms with Crippen LogP contribution < -0.4 is 0 Å². The quantitative estimate of drug-likeness (QED) is 0.159. The second-order valence-corrected chi connectivity index (χ2v) is 17.0. The van der Waals surface area contributed by atoms with Gasteiger partial charge < -0.3 is 0 Å². The number of hydrogen-bond acceptors (Lipinski definition) is 1. The predicted molar refractivity (Wildman–Crippen MR) is 243 cm³/mol. The molecule has 1 aromatic heterocycles. The minimum atomic E-state index is -0.0696. The van der Waals surface area contributed by atoms with Gasteiger partial charge in [-0.05, 0) is 117 Å². The van der Waals surface area contributed by atoms with Crippen LogP contribution in [0.2, 0.25) is 0 Å². The Labute approximate surface area is 329 Å². The van der Waals surface area contributed by atoms with Gasteiger partial charge in [-0.2, -0.15) is 0 Å². The lowest BCUT2D eigenvalue weighted by Gasteiger charge is -2.21. The average molecular weight is 729 g/mol. The van der Waals surface area contributed by atoms with Gasteiger partial charge in [0.2, 0.25) is 0 Å². The summed E-state index contributed by atoms with van der Waals surface area (Å²) in [5.74, 6) is 0. The van der Waals surface area contributed by atoms with Crippen molar-refractivity contribution >= 4 is 74.6 Å². The van der Waals surface area contributed by atoms with E-state index in [1.807, 2.05) is 11.3 Å². The van der Waals surface area contributed by atoms with Gasteiger partial charge in [0.1, 0.15) is 0 Å². The number of hydrogen-bond donors (Lipinski definition) is 0. The first kappa shape index (κ1) is 31.8. The monoisotopic (exact) mass is 728 g/mol. The van der Waals surface area contributed by atoms with Crippen LogP contribution in [0.3, 0.4) is 0 Å². The first-order chi connectivity index (χ1) is 27.5. The van der Waals surface area contributed by atoms with Crippen LogP contribution in [0.4, 0.5) is 0 Å². The molecule has 56 heavy (non-hydrogen) atoms. The van der Waals surface area contributed by atoms with E-state index in [2.05, 4.69) is 196 Å². The van der Waals surface area contributed by atoms with E-state index in [1.54, 1.807) is 0 Å². The van der Waals surface area contributed by atoms with E-state index in [0.29, 0.717) is 0 Å². The van der Waals surface area contributed by atoms with Gasteiger partial charge in [-0.25, -0.2) is 0 Å². The van der Waals surface area contributed by atoms with Gasteiger partial charge in [0.25, 0.3) is 0 Å². The summed E-state index contributed by atoms with van der Waals surface area (Å²) >= 11 is 1.94. The highest BCUT2D eigenvalue weighted by Crippen LogP contribution is 2.53. The van der Waals surface area contributed by atoms with Crippen LogP contribution in [0.15, 0.2) is 182 Å². The molecule has 11 aromatic rings. The molecule has 0 nitrogen and oxygen atoms in total. The average Bonchev–Trinajstić information content (AvgIpc) is 3.73. The first-order valence-electron chi connectivity index (χ1n) is 19.6. The molecular formula is C55H36S. The minimum Gasteiger partial charge on any atom is -0.135 e. The van der Waals surface area contributed by atoms with E-state index in [-0.39, 0.29) is 5.41 Å². The second-order valence-electron chi connectivity index (χ2n) is 16.0. The molecule has 262 valence electrons. The SMILES string of the molecule is CC1(C)c2ccc(-c3ccc(-c4c5ccccc5c(-c5cccc6ccccc56)c5ccccc45)cc3)cc2-c2cc3c(cc21)sc1c2ccccc2ccc31. The smallest absolute Gasteiger partial charge is 0.0433 e. The molecule has 0 N–H and O–H groups in total. The van der Waals surface area contributed by atoms with Gasteiger partial charge in [0.05, 0.1) is 0 Å². The van der Waals surface area contributed by atoms with Crippen LogP contribution in [-0.2, 0) is 5.41 Å². The lowest BCUT2D eigenvalue weighted by Crippen LogP contribution is -2.14. The largest absolute Gasteiger partial charge is 0.135 e. The molecule has 0 saturated carbocycles. The molecule has 12 rings (SSSR count). The third kappa shape index (κ3) is 4.47. The van der Waals surface area contributed by atoms with E-state index in [9.17, 15) is 0 Å². The highest BCUT2D eigenvalue weighted by molar-refractivity contribution is 7.26. The normalized spacial score (nSPS) is 13.3. The Kier molecular flexibility index (Phi) is 6.66. The van der Waals surface area contributed by atoms with E-state index < -0.39 is 0 Å². The van der Waals surface area contributed by atoms with E-state index >= 15 is 0 Å². The molecule has 1 aliphatic carbocycles. The molecular weight excluding hydrogens is 693 g/mol. The van der Waals surface area contributed by atoms with E-state index in [4.69, 9.17) is 0 Å². The summed E-state index contributed by atoms with van der Waals surface area (Å²) in [6.07, 6.45) is 0. The van der Waals surface area contributed by atoms with Crippen LogP contribution in [0, 0.1) is 0 Å². The van der Waals surface area contributed by atoms with Crippen LogP contribution in [0.25, 0.3) is 108 Å². The van der Waals surface area contributed by atoms with Crippen LogP contribution in [-0.4, -0.2) is 0 Å². The molecule has 0 spiro atoms. The summed E-state index contributed by atoms with van der Waals surface area (Å²) in [5.41, 5.74) is 13.1. The molecule has 0 fully saturated rings.